The first-order valence-electron chi connectivity index (χ1n) is 5.79. The molecule has 1 aromatic heterocycles. The lowest BCUT2D eigenvalue weighted by atomic mass is 10.1. The molecule has 6 nitrogen and oxygen atoms in total. The van der Waals surface area contributed by atoms with Crippen LogP contribution in [0.25, 0.3) is 6.08 Å². The minimum absolute atomic E-state index is 0.248. The van der Waals surface area contributed by atoms with Gasteiger partial charge >= 0.3 is 5.97 Å². The molecule has 104 valence electrons. The van der Waals surface area contributed by atoms with E-state index < -0.39 is 5.97 Å². The van der Waals surface area contributed by atoms with E-state index in [9.17, 15) is 4.79 Å². The minimum atomic E-state index is -1.03. The van der Waals surface area contributed by atoms with Crippen LogP contribution in [0.1, 0.15) is 11.1 Å². The fourth-order valence-electron chi connectivity index (χ4n) is 1.59. The molecular weight excluding hydrogens is 262 g/mol. The molecule has 0 saturated heterocycles. The number of hydrogen-bond donors (Lipinski definition) is 1. The van der Waals surface area contributed by atoms with Crippen molar-refractivity contribution >= 4 is 12.0 Å². The maximum Gasteiger partial charge on any atom is 0.328 e. The molecule has 1 N–H and O–H groups in total. The quantitative estimate of drug-likeness (QED) is 0.815. The molecule has 0 aliphatic carbocycles. The van der Waals surface area contributed by atoms with Crippen LogP contribution in [0.2, 0.25) is 0 Å². The van der Waals surface area contributed by atoms with Crippen LogP contribution in [0.5, 0.6) is 11.5 Å². The molecule has 0 radical (unpaired) electrons. The topological polar surface area (TPSA) is 81.8 Å². The number of ether oxygens (including phenoxy) is 2. The summed E-state index contributed by atoms with van der Waals surface area (Å²) < 4.78 is 15.6. The molecule has 0 fully saturated rings. The zero-order valence-corrected chi connectivity index (χ0v) is 10.8. The number of benzene rings is 1. The Morgan fingerprint density at radius 3 is 3.00 bits per heavy atom. The number of para-hydroxylation sites is 1. The summed E-state index contributed by atoms with van der Waals surface area (Å²) in [7, 11) is 1.52. The van der Waals surface area contributed by atoms with Gasteiger partial charge in [0.1, 0.15) is 12.9 Å². The average molecular weight is 275 g/mol. The Morgan fingerprint density at radius 2 is 2.35 bits per heavy atom. The van der Waals surface area contributed by atoms with Gasteiger partial charge in [-0.1, -0.05) is 17.3 Å². The minimum Gasteiger partial charge on any atom is -0.493 e. The number of aromatic nitrogens is 1. The number of rotatable bonds is 6. The van der Waals surface area contributed by atoms with E-state index >= 15 is 0 Å². The van der Waals surface area contributed by atoms with E-state index in [0.29, 0.717) is 17.1 Å². The summed E-state index contributed by atoms with van der Waals surface area (Å²) in [5.41, 5.74) is 1.38. The standard InChI is InChI=1S/C14H13NO5/c1-18-12-4-2-3-11(5-6-13(16)17)14(12)19-8-10-7-15-20-9-10/h2-7,9H,8H2,1H3,(H,16,17)/b6-5+. The number of aliphatic carboxylic acids is 1. The summed E-state index contributed by atoms with van der Waals surface area (Å²) >= 11 is 0. The van der Waals surface area contributed by atoms with Crippen LogP contribution in [-0.4, -0.2) is 23.3 Å². The number of hydrogen-bond acceptors (Lipinski definition) is 5. The first-order chi connectivity index (χ1) is 9.70. The van der Waals surface area contributed by atoms with Crippen molar-refractivity contribution in [1.82, 2.24) is 5.16 Å². The average Bonchev–Trinajstić information content (AvgIpc) is 2.96. The van der Waals surface area contributed by atoms with Crippen molar-refractivity contribution in [3.8, 4) is 11.5 Å². The highest BCUT2D eigenvalue weighted by Gasteiger charge is 2.10. The molecule has 0 aliphatic heterocycles. The number of carboxylic acids is 1. The van der Waals surface area contributed by atoms with Crippen molar-refractivity contribution < 1.29 is 23.9 Å². The molecule has 0 amide bonds. The molecule has 20 heavy (non-hydrogen) atoms. The third-order valence-corrected chi connectivity index (χ3v) is 2.50. The normalized spacial score (nSPS) is 10.7. The van der Waals surface area contributed by atoms with Crippen LogP contribution >= 0.6 is 0 Å². The molecule has 0 spiro atoms. The Bertz CT molecular complexity index is 604. The Labute approximate surface area is 115 Å². The van der Waals surface area contributed by atoms with E-state index in [2.05, 4.69) is 5.16 Å². The van der Waals surface area contributed by atoms with E-state index in [-0.39, 0.29) is 6.61 Å². The Hall–Kier alpha value is -2.76. The number of nitrogens with zero attached hydrogens (tertiary/aromatic N) is 1. The van der Waals surface area contributed by atoms with E-state index in [1.165, 1.54) is 19.4 Å². The number of carbonyl (C=O) groups is 1. The van der Waals surface area contributed by atoms with Crippen molar-refractivity contribution in [1.29, 1.82) is 0 Å². The molecule has 0 aliphatic rings. The van der Waals surface area contributed by atoms with Gasteiger partial charge in [0, 0.05) is 17.2 Å². The van der Waals surface area contributed by atoms with E-state index in [1.54, 1.807) is 24.4 Å². The van der Waals surface area contributed by atoms with Crippen LogP contribution < -0.4 is 9.47 Å². The lowest BCUT2D eigenvalue weighted by Gasteiger charge is -2.12. The molecule has 2 aromatic rings. The van der Waals surface area contributed by atoms with Crippen molar-refractivity contribution in [2.24, 2.45) is 0 Å². The Balaban J connectivity index is 2.25. The summed E-state index contributed by atoms with van der Waals surface area (Å²) in [6, 6.07) is 5.23. The summed E-state index contributed by atoms with van der Waals surface area (Å²) in [6.07, 6.45) is 5.51. The highest BCUT2D eigenvalue weighted by Crippen LogP contribution is 2.32. The van der Waals surface area contributed by atoms with E-state index in [0.717, 1.165) is 11.6 Å². The van der Waals surface area contributed by atoms with Gasteiger partial charge in [0.25, 0.3) is 0 Å². The SMILES string of the molecule is COc1cccc(/C=C/C(=O)O)c1OCc1cnoc1. The van der Waals surface area contributed by atoms with Gasteiger partial charge in [-0.3, -0.25) is 0 Å². The lowest BCUT2D eigenvalue weighted by molar-refractivity contribution is -0.131. The second-order valence-electron chi connectivity index (χ2n) is 3.87. The fourth-order valence-corrected chi connectivity index (χ4v) is 1.59. The highest BCUT2D eigenvalue weighted by atomic mass is 16.5. The maximum atomic E-state index is 10.6. The summed E-state index contributed by atoms with van der Waals surface area (Å²) in [4.78, 5) is 10.6. The van der Waals surface area contributed by atoms with Gasteiger partial charge in [0.2, 0.25) is 0 Å². The Kier molecular flexibility index (Phi) is 4.39. The van der Waals surface area contributed by atoms with Crippen molar-refractivity contribution in [2.75, 3.05) is 7.11 Å². The molecule has 6 heteroatoms. The first kappa shape index (κ1) is 13.7. The molecule has 0 saturated carbocycles. The van der Waals surface area contributed by atoms with Crippen molar-refractivity contribution in [3.63, 3.8) is 0 Å². The van der Waals surface area contributed by atoms with Gasteiger partial charge in [0.15, 0.2) is 11.5 Å². The summed E-state index contributed by atoms with van der Waals surface area (Å²) in [6.45, 7) is 0.248. The second-order valence-corrected chi connectivity index (χ2v) is 3.87. The predicted octanol–water partition coefficient (Wildman–Crippen LogP) is 2.36. The summed E-state index contributed by atoms with van der Waals surface area (Å²) in [5, 5.41) is 12.3. The van der Waals surface area contributed by atoms with Crippen LogP contribution in [0.3, 0.4) is 0 Å². The number of carboxylic acid groups (broad SMARTS) is 1. The van der Waals surface area contributed by atoms with Gasteiger partial charge < -0.3 is 19.1 Å². The Morgan fingerprint density at radius 1 is 1.50 bits per heavy atom. The number of methoxy groups -OCH3 is 1. The smallest absolute Gasteiger partial charge is 0.328 e. The van der Waals surface area contributed by atoms with Gasteiger partial charge in [-0.05, 0) is 12.1 Å². The zero-order valence-electron chi connectivity index (χ0n) is 10.8. The van der Waals surface area contributed by atoms with Gasteiger partial charge in [-0.15, -0.1) is 0 Å². The predicted molar refractivity (Wildman–Crippen MR) is 70.5 cm³/mol. The van der Waals surface area contributed by atoms with Gasteiger partial charge in [0.05, 0.1) is 13.3 Å². The lowest BCUT2D eigenvalue weighted by Crippen LogP contribution is -1.99. The molecule has 0 unspecified atom stereocenters. The third-order valence-electron chi connectivity index (χ3n) is 2.50. The molecular formula is C14H13NO5. The van der Waals surface area contributed by atoms with Gasteiger partial charge in [-0.2, -0.15) is 0 Å². The van der Waals surface area contributed by atoms with Crippen LogP contribution in [0, 0.1) is 0 Å². The molecule has 0 atom stereocenters. The fraction of sp³-hybridized carbons (Fsp3) is 0.143. The first-order valence-corrected chi connectivity index (χ1v) is 5.79. The van der Waals surface area contributed by atoms with E-state index in [4.69, 9.17) is 19.1 Å². The van der Waals surface area contributed by atoms with Crippen molar-refractivity contribution in [2.45, 2.75) is 6.61 Å². The summed E-state index contributed by atoms with van der Waals surface area (Å²) in [5.74, 6) is -0.0412. The maximum absolute atomic E-state index is 10.6. The van der Waals surface area contributed by atoms with Crippen LogP contribution in [0.4, 0.5) is 0 Å². The van der Waals surface area contributed by atoms with Gasteiger partial charge in [-0.25, -0.2) is 4.79 Å². The molecule has 1 heterocycles. The second kappa shape index (κ2) is 6.42. The third kappa shape index (κ3) is 3.38. The molecule has 1 aromatic carbocycles. The monoisotopic (exact) mass is 275 g/mol. The van der Waals surface area contributed by atoms with Crippen LogP contribution in [-0.2, 0) is 11.4 Å². The largest absolute Gasteiger partial charge is 0.493 e. The van der Waals surface area contributed by atoms with Crippen LogP contribution in [0.15, 0.2) is 41.3 Å². The highest BCUT2D eigenvalue weighted by molar-refractivity contribution is 5.86. The zero-order chi connectivity index (χ0) is 14.4. The van der Waals surface area contributed by atoms with Crippen molar-refractivity contribution in [3.05, 3.63) is 47.9 Å². The molecule has 0 bridgehead atoms. The van der Waals surface area contributed by atoms with E-state index in [1.807, 2.05) is 0 Å². The molecule has 2 rings (SSSR count).